The van der Waals surface area contributed by atoms with Crippen LogP contribution in [0.1, 0.15) is 35.0 Å². The Labute approximate surface area is 167 Å². The third-order valence-electron chi connectivity index (χ3n) is 5.17. The summed E-state index contributed by atoms with van der Waals surface area (Å²) in [7, 11) is 1.47. The van der Waals surface area contributed by atoms with E-state index in [2.05, 4.69) is 10.4 Å². The molecule has 29 heavy (non-hydrogen) atoms. The van der Waals surface area contributed by atoms with Crippen molar-refractivity contribution in [2.45, 2.75) is 32.3 Å². The van der Waals surface area contributed by atoms with Crippen LogP contribution in [0, 0.1) is 0 Å². The maximum Gasteiger partial charge on any atom is 0.360 e. The van der Waals surface area contributed by atoms with Crippen LogP contribution in [0.25, 0.3) is 10.8 Å². The molecule has 0 saturated carbocycles. The van der Waals surface area contributed by atoms with Gasteiger partial charge < -0.3 is 10.1 Å². The number of nitrogens with one attached hydrogen (secondary N) is 1. The van der Waals surface area contributed by atoms with E-state index in [9.17, 15) is 14.4 Å². The van der Waals surface area contributed by atoms with Gasteiger partial charge in [0.25, 0.3) is 11.5 Å². The molecule has 1 aromatic heterocycles. The number of aryl methyl sites for hydroxylation is 3. The number of amides is 1. The molecule has 1 atom stereocenters. The number of carbonyl (C=O) groups excluding carboxylic acids is 2. The number of fused-ring (bicyclic) bond motifs is 2. The predicted molar refractivity (Wildman–Crippen MR) is 109 cm³/mol. The number of aromatic nitrogens is 2. The highest BCUT2D eigenvalue weighted by atomic mass is 16.5. The van der Waals surface area contributed by atoms with Crippen LogP contribution in [0.5, 0.6) is 0 Å². The molecule has 7 nitrogen and oxygen atoms in total. The van der Waals surface area contributed by atoms with E-state index in [4.69, 9.17) is 4.74 Å². The van der Waals surface area contributed by atoms with Crippen molar-refractivity contribution < 1.29 is 14.3 Å². The molecule has 1 N–H and O–H groups in total. The van der Waals surface area contributed by atoms with Crippen molar-refractivity contribution in [3.8, 4) is 0 Å². The van der Waals surface area contributed by atoms with Crippen LogP contribution in [-0.2, 0) is 29.4 Å². The van der Waals surface area contributed by atoms with E-state index >= 15 is 0 Å². The Balaban J connectivity index is 1.51. The Morgan fingerprint density at radius 1 is 1.10 bits per heavy atom. The largest absolute Gasteiger partial charge is 0.448 e. The van der Waals surface area contributed by atoms with Gasteiger partial charge in [-0.2, -0.15) is 5.10 Å². The predicted octanol–water partition coefficient (Wildman–Crippen LogP) is 2.61. The van der Waals surface area contributed by atoms with Gasteiger partial charge in [-0.15, -0.1) is 0 Å². The Morgan fingerprint density at radius 2 is 1.83 bits per heavy atom. The molecule has 0 aliphatic heterocycles. The van der Waals surface area contributed by atoms with Crippen LogP contribution in [0.2, 0.25) is 0 Å². The highest BCUT2D eigenvalue weighted by molar-refractivity contribution is 6.03. The van der Waals surface area contributed by atoms with Crippen LogP contribution >= 0.6 is 0 Å². The summed E-state index contributed by atoms with van der Waals surface area (Å²) < 4.78 is 6.43. The van der Waals surface area contributed by atoms with Gasteiger partial charge >= 0.3 is 5.97 Å². The molecule has 2 aromatic carbocycles. The van der Waals surface area contributed by atoms with E-state index in [0.29, 0.717) is 16.5 Å². The smallest absolute Gasteiger partial charge is 0.360 e. The first-order valence-electron chi connectivity index (χ1n) is 9.54. The molecule has 1 aliphatic carbocycles. The van der Waals surface area contributed by atoms with Gasteiger partial charge in [0.2, 0.25) is 0 Å². The summed E-state index contributed by atoms with van der Waals surface area (Å²) in [5, 5.41) is 7.59. The summed E-state index contributed by atoms with van der Waals surface area (Å²) in [6.07, 6.45) is 2.18. The Morgan fingerprint density at radius 3 is 2.62 bits per heavy atom. The molecule has 148 valence electrons. The van der Waals surface area contributed by atoms with Gasteiger partial charge in [0.15, 0.2) is 11.8 Å². The third kappa shape index (κ3) is 3.63. The van der Waals surface area contributed by atoms with Crippen molar-refractivity contribution in [1.29, 1.82) is 0 Å². The van der Waals surface area contributed by atoms with Crippen molar-refractivity contribution in [3.63, 3.8) is 0 Å². The lowest BCUT2D eigenvalue weighted by Gasteiger charge is -2.15. The first-order chi connectivity index (χ1) is 13.9. The molecule has 0 bridgehead atoms. The molecule has 0 radical (unpaired) electrons. The summed E-state index contributed by atoms with van der Waals surface area (Å²) >= 11 is 0. The number of anilines is 1. The Hall–Kier alpha value is -3.48. The van der Waals surface area contributed by atoms with Crippen LogP contribution in [0.15, 0.2) is 47.3 Å². The molecule has 7 heteroatoms. The summed E-state index contributed by atoms with van der Waals surface area (Å²) in [5.41, 5.74) is 2.94. The van der Waals surface area contributed by atoms with E-state index in [0.717, 1.165) is 23.9 Å². The topological polar surface area (TPSA) is 90.3 Å². The van der Waals surface area contributed by atoms with E-state index < -0.39 is 18.0 Å². The summed E-state index contributed by atoms with van der Waals surface area (Å²) in [6.45, 7) is 1.50. The molecular weight excluding hydrogens is 370 g/mol. The lowest BCUT2D eigenvalue weighted by molar-refractivity contribution is -0.123. The van der Waals surface area contributed by atoms with Crippen LogP contribution in [0.3, 0.4) is 0 Å². The second-order valence-corrected chi connectivity index (χ2v) is 7.20. The van der Waals surface area contributed by atoms with E-state index in [-0.39, 0.29) is 11.3 Å². The van der Waals surface area contributed by atoms with Gasteiger partial charge in [-0.25, -0.2) is 9.48 Å². The van der Waals surface area contributed by atoms with Gasteiger partial charge in [-0.1, -0.05) is 24.3 Å². The van der Waals surface area contributed by atoms with Crippen molar-refractivity contribution in [2.24, 2.45) is 7.05 Å². The van der Waals surface area contributed by atoms with Gasteiger partial charge in [0, 0.05) is 18.1 Å². The lowest BCUT2D eigenvalue weighted by Crippen LogP contribution is -2.31. The molecule has 0 unspecified atom stereocenters. The number of nitrogens with zero attached hydrogens (tertiary/aromatic N) is 2. The van der Waals surface area contributed by atoms with Crippen molar-refractivity contribution in [3.05, 3.63) is 69.6 Å². The van der Waals surface area contributed by atoms with E-state index in [1.807, 2.05) is 18.2 Å². The van der Waals surface area contributed by atoms with Crippen molar-refractivity contribution in [1.82, 2.24) is 9.78 Å². The number of hydrogen-bond donors (Lipinski definition) is 1. The van der Waals surface area contributed by atoms with Crippen molar-refractivity contribution in [2.75, 3.05) is 5.32 Å². The number of carbonyl (C=O) groups is 2. The standard InChI is InChI=1S/C22H21N3O4/c1-13(20(26)23-16-11-10-14-6-5-7-15(14)12-16)29-22(28)19-17-8-3-4-9-18(17)21(27)25(2)24-19/h3-4,8-13H,5-7H2,1-2H3,(H,23,26)/t13-/m0/s1. The van der Waals surface area contributed by atoms with Gasteiger partial charge in [0.1, 0.15) is 0 Å². The van der Waals surface area contributed by atoms with Crippen LogP contribution in [0.4, 0.5) is 5.69 Å². The summed E-state index contributed by atoms with van der Waals surface area (Å²) in [6, 6.07) is 12.5. The van der Waals surface area contributed by atoms with Gasteiger partial charge in [0.05, 0.1) is 5.39 Å². The summed E-state index contributed by atoms with van der Waals surface area (Å²) in [4.78, 5) is 37.4. The van der Waals surface area contributed by atoms with Gasteiger partial charge in [-0.3, -0.25) is 9.59 Å². The molecule has 1 amide bonds. The fourth-order valence-electron chi connectivity index (χ4n) is 3.61. The Bertz CT molecular complexity index is 1180. The molecule has 0 saturated heterocycles. The number of hydrogen-bond acceptors (Lipinski definition) is 5. The van der Waals surface area contributed by atoms with Crippen LogP contribution < -0.4 is 10.9 Å². The van der Waals surface area contributed by atoms with Gasteiger partial charge in [-0.05, 0) is 55.5 Å². The second-order valence-electron chi connectivity index (χ2n) is 7.20. The molecule has 4 rings (SSSR count). The third-order valence-corrected chi connectivity index (χ3v) is 5.17. The minimum absolute atomic E-state index is 0.000110. The fraction of sp³-hybridized carbons (Fsp3) is 0.273. The van der Waals surface area contributed by atoms with E-state index in [1.165, 1.54) is 25.1 Å². The highest BCUT2D eigenvalue weighted by Gasteiger charge is 2.23. The minimum atomic E-state index is -1.02. The lowest BCUT2D eigenvalue weighted by atomic mass is 10.1. The van der Waals surface area contributed by atoms with Crippen molar-refractivity contribution >= 4 is 28.3 Å². The molecule has 1 heterocycles. The zero-order chi connectivity index (χ0) is 20.5. The molecule has 1 aliphatic rings. The number of ether oxygens (including phenoxy) is 1. The maximum atomic E-state index is 12.7. The molecule has 0 spiro atoms. The SMILES string of the molecule is C[C@H](OC(=O)c1nn(C)c(=O)c2ccccc12)C(=O)Nc1ccc2c(c1)CCC2. The molecule has 3 aromatic rings. The highest BCUT2D eigenvalue weighted by Crippen LogP contribution is 2.25. The molecule has 0 fully saturated rings. The zero-order valence-electron chi connectivity index (χ0n) is 16.3. The fourth-order valence-corrected chi connectivity index (χ4v) is 3.61. The first-order valence-corrected chi connectivity index (χ1v) is 9.54. The first kappa shape index (κ1) is 18.9. The maximum absolute atomic E-state index is 12.7. The quantitative estimate of drug-likeness (QED) is 0.691. The zero-order valence-corrected chi connectivity index (χ0v) is 16.3. The average molecular weight is 391 g/mol. The Kier molecular flexibility index (Phi) is 4.88. The number of rotatable bonds is 4. The van der Waals surface area contributed by atoms with Crippen LogP contribution in [-0.4, -0.2) is 27.8 Å². The average Bonchev–Trinajstić information content (AvgIpc) is 3.18. The normalized spacial score (nSPS) is 13.7. The minimum Gasteiger partial charge on any atom is -0.448 e. The summed E-state index contributed by atoms with van der Waals surface area (Å²) in [5.74, 6) is -1.18. The second kappa shape index (κ2) is 7.50. The monoisotopic (exact) mass is 391 g/mol. The van der Waals surface area contributed by atoms with E-state index in [1.54, 1.807) is 24.3 Å². The number of benzene rings is 2. The number of esters is 1. The molecular formula is C22H21N3O4.